The Kier molecular flexibility index (Phi) is 8.48. The molecule has 0 saturated heterocycles. The molecule has 2 aliphatic carbocycles. The van der Waals surface area contributed by atoms with E-state index >= 15 is 0 Å². The maximum atomic E-state index is 12.1. The van der Waals surface area contributed by atoms with Gasteiger partial charge in [-0.25, -0.2) is 5.01 Å². The number of nitrogens with two attached hydrogens (primary N) is 1. The van der Waals surface area contributed by atoms with Crippen LogP contribution >= 0.6 is 0 Å². The van der Waals surface area contributed by atoms with Crippen LogP contribution in [0.1, 0.15) is 59.8 Å². The highest BCUT2D eigenvalue weighted by Crippen LogP contribution is 2.38. The lowest BCUT2D eigenvalue weighted by molar-refractivity contribution is -0.142. The number of nitrogens with one attached hydrogen (secondary N) is 1. The van der Waals surface area contributed by atoms with E-state index in [2.05, 4.69) is 37.6 Å². The minimum absolute atomic E-state index is 0.154. The van der Waals surface area contributed by atoms with Crippen LogP contribution in [0.3, 0.4) is 0 Å². The van der Waals surface area contributed by atoms with Crippen molar-refractivity contribution >= 4 is 11.9 Å². The van der Waals surface area contributed by atoms with Gasteiger partial charge in [-0.2, -0.15) is 0 Å². The van der Waals surface area contributed by atoms with Gasteiger partial charge in [-0.15, -0.1) is 0 Å². The Labute approximate surface area is 174 Å². The van der Waals surface area contributed by atoms with Crippen molar-refractivity contribution in [3.05, 3.63) is 34.8 Å². The molecule has 0 unspecified atom stereocenters. The average molecular weight is 402 g/mol. The number of esters is 1. The molecule has 0 aromatic heterocycles. The lowest BCUT2D eigenvalue weighted by Crippen LogP contribution is -2.45. The molecule has 0 bridgehead atoms. The zero-order valence-electron chi connectivity index (χ0n) is 18.2. The van der Waals surface area contributed by atoms with Gasteiger partial charge in [-0.1, -0.05) is 32.2 Å². The molecule has 0 aromatic rings. The van der Waals surface area contributed by atoms with Crippen LogP contribution in [0.5, 0.6) is 0 Å². The summed E-state index contributed by atoms with van der Waals surface area (Å²) in [6, 6.07) is 0.382. The van der Waals surface area contributed by atoms with E-state index in [1.807, 2.05) is 11.1 Å². The van der Waals surface area contributed by atoms with Gasteiger partial charge in [0.2, 0.25) is 0 Å². The number of carbonyl (C=O) groups excluding carboxylic acids is 2. The van der Waals surface area contributed by atoms with Gasteiger partial charge in [0.1, 0.15) is 0 Å². The first-order chi connectivity index (χ1) is 13.7. The van der Waals surface area contributed by atoms with Gasteiger partial charge in [0, 0.05) is 24.7 Å². The highest BCUT2D eigenvalue weighted by Gasteiger charge is 2.31. The van der Waals surface area contributed by atoms with Crippen molar-refractivity contribution in [3.63, 3.8) is 0 Å². The molecule has 2 rings (SSSR count). The number of rotatable bonds is 8. The summed E-state index contributed by atoms with van der Waals surface area (Å²) >= 11 is 0. The quantitative estimate of drug-likeness (QED) is 0.283. The van der Waals surface area contributed by atoms with E-state index in [0.717, 1.165) is 24.3 Å². The Balaban J connectivity index is 1.84. The van der Waals surface area contributed by atoms with E-state index in [1.54, 1.807) is 13.0 Å². The minimum atomic E-state index is -0.321. The molecule has 6 nitrogen and oxygen atoms in total. The van der Waals surface area contributed by atoms with Gasteiger partial charge in [-0.05, 0) is 56.1 Å². The predicted molar refractivity (Wildman–Crippen MR) is 114 cm³/mol. The predicted octanol–water partition coefficient (Wildman–Crippen LogP) is 3.01. The molecule has 1 amide bonds. The fraction of sp³-hybridized carbons (Fsp3) is 0.652. The first-order valence-corrected chi connectivity index (χ1v) is 10.6. The third-order valence-corrected chi connectivity index (χ3v) is 5.72. The number of hydrogen-bond donors (Lipinski definition) is 2. The van der Waals surface area contributed by atoms with E-state index < -0.39 is 0 Å². The van der Waals surface area contributed by atoms with Gasteiger partial charge >= 0.3 is 5.97 Å². The maximum Gasteiger partial charge on any atom is 0.307 e. The van der Waals surface area contributed by atoms with Gasteiger partial charge < -0.3 is 10.1 Å². The summed E-state index contributed by atoms with van der Waals surface area (Å²) in [5.74, 6) is 6.49. The number of hydrazine groups is 1. The molecule has 0 atom stereocenters. The molecule has 0 aromatic carbocycles. The zero-order valence-corrected chi connectivity index (χ0v) is 18.2. The molecular weight excluding hydrogens is 366 g/mol. The van der Waals surface area contributed by atoms with Crippen molar-refractivity contribution in [2.24, 2.45) is 17.2 Å². The van der Waals surface area contributed by atoms with Crippen molar-refractivity contribution in [2.75, 3.05) is 19.7 Å². The Morgan fingerprint density at radius 3 is 2.45 bits per heavy atom. The van der Waals surface area contributed by atoms with Gasteiger partial charge in [0.15, 0.2) is 0 Å². The molecule has 160 valence electrons. The molecule has 0 spiro atoms. The van der Waals surface area contributed by atoms with E-state index in [0.29, 0.717) is 30.2 Å². The third kappa shape index (κ3) is 7.34. The van der Waals surface area contributed by atoms with Crippen molar-refractivity contribution < 1.29 is 14.3 Å². The van der Waals surface area contributed by atoms with Crippen molar-refractivity contribution in [1.29, 1.82) is 0 Å². The van der Waals surface area contributed by atoms with E-state index in [4.69, 9.17) is 10.6 Å². The molecule has 2 aliphatic rings. The number of carbonyl (C=O) groups is 2. The van der Waals surface area contributed by atoms with Crippen LogP contribution in [0.2, 0.25) is 0 Å². The summed E-state index contributed by atoms with van der Waals surface area (Å²) < 4.78 is 4.83. The number of amides is 1. The molecule has 1 fully saturated rings. The topological polar surface area (TPSA) is 84.7 Å². The first kappa shape index (κ1) is 23.2. The van der Waals surface area contributed by atoms with Crippen LogP contribution < -0.4 is 11.2 Å². The summed E-state index contributed by atoms with van der Waals surface area (Å²) in [5.41, 5.74) is 7.61. The largest absolute Gasteiger partial charge is 0.466 e. The third-order valence-electron chi connectivity index (χ3n) is 5.72. The molecule has 3 N–H and O–H groups in total. The summed E-state index contributed by atoms with van der Waals surface area (Å²) in [6.45, 7) is 9.87. The Morgan fingerprint density at radius 2 is 1.90 bits per heavy atom. The molecule has 29 heavy (non-hydrogen) atoms. The standard InChI is InChI=1S/C23H35N3O3/c1-5-29-21(27)14-15-25-22(28)18-8-6-17(7-9-18)16-26(24)20-12-10-19(11-13-20)23(2,3)4/h6,8,19-20H,5,10-16,24H2,1-4H3,(H,25,28). The van der Waals surface area contributed by atoms with E-state index in [-0.39, 0.29) is 24.8 Å². The number of hydrogen-bond acceptors (Lipinski definition) is 5. The highest BCUT2D eigenvalue weighted by atomic mass is 16.5. The SMILES string of the molecule is CCOC(=O)CCNC(=O)C1=C=C=C(CN(N)C2CCC(C(C)(C)C)CC2)C=C1. The minimum Gasteiger partial charge on any atom is -0.466 e. The van der Waals surface area contributed by atoms with Crippen molar-refractivity contribution in [3.8, 4) is 0 Å². The lowest BCUT2D eigenvalue weighted by Gasteiger charge is -2.39. The first-order valence-electron chi connectivity index (χ1n) is 10.6. The molecule has 1 saturated carbocycles. The zero-order chi connectivity index (χ0) is 21.4. The summed E-state index contributed by atoms with van der Waals surface area (Å²) in [5, 5.41) is 4.59. The summed E-state index contributed by atoms with van der Waals surface area (Å²) in [7, 11) is 0. The second kappa shape index (κ2) is 10.6. The number of nitrogens with zero attached hydrogens (tertiary/aromatic N) is 1. The molecule has 0 heterocycles. The molecule has 6 heteroatoms. The van der Waals surface area contributed by atoms with Crippen LogP contribution in [0.25, 0.3) is 0 Å². The Morgan fingerprint density at radius 1 is 1.21 bits per heavy atom. The molecular formula is C23H35N3O3. The monoisotopic (exact) mass is 401 g/mol. The van der Waals surface area contributed by atoms with Gasteiger partial charge in [0.05, 0.1) is 18.6 Å². The molecule has 0 aliphatic heterocycles. The second-order valence-corrected chi connectivity index (χ2v) is 8.88. The van der Waals surface area contributed by atoms with Crippen LogP contribution in [0, 0.1) is 11.3 Å². The second-order valence-electron chi connectivity index (χ2n) is 8.88. The van der Waals surface area contributed by atoms with E-state index in [9.17, 15) is 9.59 Å². The lowest BCUT2D eigenvalue weighted by atomic mass is 9.71. The highest BCUT2D eigenvalue weighted by molar-refractivity contribution is 5.96. The van der Waals surface area contributed by atoms with Crippen LogP contribution in [0.15, 0.2) is 34.8 Å². The van der Waals surface area contributed by atoms with Crippen molar-refractivity contribution in [1.82, 2.24) is 10.3 Å². The summed E-state index contributed by atoms with van der Waals surface area (Å²) in [6.07, 6.45) is 8.38. The van der Waals surface area contributed by atoms with Crippen LogP contribution in [-0.4, -0.2) is 42.6 Å². The molecule has 0 radical (unpaired) electrons. The number of ether oxygens (including phenoxy) is 1. The van der Waals surface area contributed by atoms with Gasteiger partial charge in [0.25, 0.3) is 5.91 Å². The van der Waals surface area contributed by atoms with Crippen LogP contribution in [-0.2, 0) is 14.3 Å². The smallest absolute Gasteiger partial charge is 0.307 e. The Bertz CT molecular complexity index is 727. The Hall–Kier alpha value is -2.10. The maximum absolute atomic E-state index is 12.1. The van der Waals surface area contributed by atoms with Crippen LogP contribution in [0.4, 0.5) is 0 Å². The van der Waals surface area contributed by atoms with Crippen molar-refractivity contribution in [2.45, 2.75) is 65.8 Å². The summed E-state index contributed by atoms with van der Waals surface area (Å²) in [4.78, 5) is 23.4. The fourth-order valence-electron chi connectivity index (χ4n) is 3.85. The van der Waals surface area contributed by atoms with E-state index in [1.165, 1.54) is 12.8 Å². The average Bonchev–Trinajstić information content (AvgIpc) is 2.68. The van der Waals surface area contributed by atoms with Gasteiger partial charge in [-0.3, -0.25) is 15.4 Å². The fourth-order valence-corrected chi connectivity index (χ4v) is 3.85. The normalized spacial score (nSPS) is 21.6.